The zero-order valence-electron chi connectivity index (χ0n) is 18.2. The lowest BCUT2D eigenvalue weighted by Crippen LogP contribution is -2.54. The quantitative estimate of drug-likeness (QED) is 0.681. The summed E-state index contributed by atoms with van der Waals surface area (Å²) < 4.78 is 0. The van der Waals surface area contributed by atoms with E-state index in [1.807, 2.05) is 17.0 Å². The van der Waals surface area contributed by atoms with Gasteiger partial charge in [-0.05, 0) is 31.2 Å². The highest BCUT2D eigenvalue weighted by atomic mass is 16.2. The Kier molecular flexibility index (Phi) is 7.76. The number of hydrogen-bond donors (Lipinski definition) is 2. The first-order valence-electron chi connectivity index (χ1n) is 10.6. The number of amides is 1. The lowest BCUT2D eigenvalue weighted by molar-refractivity contribution is 0.0428. The van der Waals surface area contributed by atoms with Crippen molar-refractivity contribution in [1.29, 1.82) is 0 Å². The second-order valence-corrected chi connectivity index (χ2v) is 7.57. The molecule has 1 unspecified atom stereocenters. The number of carbonyl (C=O) groups excluding carboxylic acids is 1. The summed E-state index contributed by atoms with van der Waals surface area (Å²) in [5, 5.41) is 0. The van der Waals surface area contributed by atoms with E-state index in [2.05, 4.69) is 71.1 Å². The summed E-state index contributed by atoms with van der Waals surface area (Å²) in [6.07, 6.45) is 3.15. The number of anilines is 1. The maximum Gasteiger partial charge on any atom is 0.255 e. The van der Waals surface area contributed by atoms with Gasteiger partial charge in [-0.15, -0.1) is 0 Å². The van der Waals surface area contributed by atoms with E-state index < -0.39 is 0 Å². The Balaban J connectivity index is 0.00000132. The Bertz CT molecular complexity index is 924. The molecule has 162 valence electrons. The van der Waals surface area contributed by atoms with Gasteiger partial charge in [0.2, 0.25) is 0 Å². The standard InChI is InChI=1S/C24H26N4O.CH5N/c1-18-17-27(24(29)21-14-22(25)16-26-15-21)12-13-28(18)23(19-8-4-2-5-9-19)20-10-6-3-7-11-20;1-2/h2-11,14-16,18,23H,12-13,17,25H2,1H3;2H2,1H3. The first-order valence-corrected chi connectivity index (χ1v) is 10.6. The first kappa shape index (κ1) is 22.5. The van der Waals surface area contributed by atoms with Crippen LogP contribution >= 0.6 is 0 Å². The van der Waals surface area contributed by atoms with Gasteiger partial charge in [0.1, 0.15) is 0 Å². The molecule has 0 saturated carbocycles. The van der Waals surface area contributed by atoms with Crippen LogP contribution in [0.4, 0.5) is 5.69 Å². The molecule has 6 heteroatoms. The second-order valence-electron chi connectivity index (χ2n) is 7.57. The summed E-state index contributed by atoms with van der Waals surface area (Å²) in [5.74, 6) is -0.00716. The van der Waals surface area contributed by atoms with Crippen molar-refractivity contribution < 1.29 is 4.79 Å². The minimum atomic E-state index is -0.00716. The molecular formula is C25H31N5O. The van der Waals surface area contributed by atoms with Gasteiger partial charge in [0.15, 0.2) is 0 Å². The maximum absolute atomic E-state index is 12.9. The van der Waals surface area contributed by atoms with Crippen LogP contribution in [0, 0.1) is 0 Å². The number of carbonyl (C=O) groups is 1. The maximum atomic E-state index is 12.9. The molecule has 1 fully saturated rings. The number of nitrogen functional groups attached to an aromatic ring is 1. The Hall–Kier alpha value is -3.22. The van der Waals surface area contributed by atoms with E-state index >= 15 is 0 Å². The molecule has 0 radical (unpaired) electrons. The van der Waals surface area contributed by atoms with Crippen LogP contribution in [0.15, 0.2) is 79.1 Å². The molecule has 4 N–H and O–H groups in total. The molecule has 3 aromatic rings. The molecule has 4 rings (SSSR count). The van der Waals surface area contributed by atoms with E-state index in [-0.39, 0.29) is 18.0 Å². The number of pyridine rings is 1. The summed E-state index contributed by atoms with van der Waals surface area (Å²) in [4.78, 5) is 21.4. The number of hydrogen-bond acceptors (Lipinski definition) is 5. The second kappa shape index (κ2) is 10.7. The molecule has 0 spiro atoms. The Labute approximate surface area is 184 Å². The van der Waals surface area contributed by atoms with Gasteiger partial charge in [0.05, 0.1) is 17.3 Å². The van der Waals surface area contributed by atoms with Crippen LogP contribution in [0.25, 0.3) is 0 Å². The van der Waals surface area contributed by atoms with Gasteiger partial charge < -0.3 is 16.4 Å². The van der Waals surface area contributed by atoms with Crippen molar-refractivity contribution in [2.24, 2.45) is 5.73 Å². The van der Waals surface area contributed by atoms with Crippen LogP contribution in [0.5, 0.6) is 0 Å². The fraction of sp³-hybridized carbons (Fsp3) is 0.280. The SMILES string of the molecule is CC1CN(C(=O)c2cncc(N)c2)CCN1C(c1ccccc1)c1ccccc1.CN. The lowest BCUT2D eigenvalue weighted by atomic mass is 9.94. The highest BCUT2D eigenvalue weighted by Crippen LogP contribution is 2.32. The first-order chi connectivity index (χ1) is 15.1. The number of nitrogens with zero attached hydrogens (tertiary/aromatic N) is 3. The molecule has 1 amide bonds. The molecule has 2 aromatic carbocycles. The summed E-state index contributed by atoms with van der Waals surface area (Å²) in [7, 11) is 1.50. The van der Waals surface area contributed by atoms with Crippen LogP contribution in [0.1, 0.15) is 34.5 Å². The zero-order valence-corrected chi connectivity index (χ0v) is 18.2. The average molecular weight is 418 g/mol. The fourth-order valence-corrected chi connectivity index (χ4v) is 4.14. The minimum absolute atomic E-state index is 0.00716. The van der Waals surface area contributed by atoms with E-state index in [1.54, 1.807) is 18.5 Å². The van der Waals surface area contributed by atoms with Gasteiger partial charge in [-0.2, -0.15) is 0 Å². The summed E-state index contributed by atoms with van der Waals surface area (Å²) in [5.41, 5.74) is 13.9. The molecular weight excluding hydrogens is 386 g/mol. The molecule has 31 heavy (non-hydrogen) atoms. The fourth-order valence-electron chi connectivity index (χ4n) is 4.14. The van der Waals surface area contributed by atoms with Crippen LogP contribution in [0.2, 0.25) is 0 Å². The summed E-state index contributed by atoms with van der Waals surface area (Å²) >= 11 is 0. The summed E-state index contributed by atoms with van der Waals surface area (Å²) in [6.45, 7) is 4.34. The highest BCUT2D eigenvalue weighted by molar-refractivity contribution is 5.94. The smallest absolute Gasteiger partial charge is 0.255 e. The Morgan fingerprint density at radius 2 is 1.55 bits per heavy atom. The summed E-state index contributed by atoms with van der Waals surface area (Å²) in [6, 6.07) is 23.2. The van der Waals surface area contributed by atoms with E-state index in [1.165, 1.54) is 18.2 Å². The van der Waals surface area contributed by atoms with Gasteiger partial charge in [0.25, 0.3) is 5.91 Å². The minimum Gasteiger partial charge on any atom is -0.397 e. The number of rotatable bonds is 4. The van der Waals surface area contributed by atoms with E-state index in [0.717, 1.165) is 6.54 Å². The Morgan fingerprint density at radius 1 is 0.968 bits per heavy atom. The monoisotopic (exact) mass is 417 g/mol. The van der Waals surface area contributed by atoms with Crippen LogP contribution < -0.4 is 11.5 Å². The van der Waals surface area contributed by atoms with Crippen molar-refractivity contribution in [3.8, 4) is 0 Å². The van der Waals surface area contributed by atoms with Crippen molar-refractivity contribution in [1.82, 2.24) is 14.8 Å². The molecule has 6 nitrogen and oxygen atoms in total. The van der Waals surface area contributed by atoms with Gasteiger partial charge in [-0.1, -0.05) is 60.7 Å². The third kappa shape index (κ3) is 5.29. The highest BCUT2D eigenvalue weighted by Gasteiger charge is 2.33. The van der Waals surface area contributed by atoms with Gasteiger partial charge >= 0.3 is 0 Å². The topological polar surface area (TPSA) is 88.5 Å². The van der Waals surface area contributed by atoms with E-state index in [4.69, 9.17) is 5.73 Å². The molecule has 1 aromatic heterocycles. The molecule has 0 aliphatic carbocycles. The van der Waals surface area contributed by atoms with Crippen molar-refractivity contribution in [2.75, 3.05) is 32.4 Å². The predicted molar refractivity (Wildman–Crippen MR) is 126 cm³/mol. The number of nitrogens with two attached hydrogens (primary N) is 2. The normalized spacial score (nSPS) is 16.5. The molecule has 2 heterocycles. The van der Waals surface area contributed by atoms with Crippen molar-refractivity contribution >= 4 is 11.6 Å². The molecule has 1 aliphatic heterocycles. The predicted octanol–water partition coefficient (Wildman–Crippen LogP) is 3.17. The average Bonchev–Trinajstić information content (AvgIpc) is 2.82. The van der Waals surface area contributed by atoms with Crippen molar-refractivity contribution in [3.63, 3.8) is 0 Å². The molecule has 0 bridgehead atoms. The van der Waals surface area contributed by atoms with Gasteiger partial charge in [-0.25, -0.2) is 0 Å². The zero-order chi connectivity index (χ0) is 22.2. The largest absolute Gasteiger partial charge is 0.397 e. The number of aromatic nitrogens is 1. The molecule has 1 saturated heterocycles. The number of benzene rings is 2. The third-order valence-electron chi connectivity index (χ3n) is 5.53. The Morgan fingerprint density at radius 3 is 2.06 bits per heavy atom. The van der Waals surface area contributed by atoms with Gasteiger partial charge in [0, 0.05) is 38.1 Å². The van der Waals surface area contributed by atoms with E-state index in [0.29, 0.717) is 24.3 Å². The van der Waals surface area contributed by atoms with Crippen LogP contribution in [-0.4, -0.2) is 53.4 Å². The third-order valence-corrected chi connectivity index (χ3v) is 5.53. The molecule has 1 atom stereocenters. The van der Waals surface area contributed by atoms with Crippen LogP contribution in [0.3, 0.4) is 0 Å². The molecule has 1 aliphatic rings. The van der Waals surface area contributed by atoms with Crippen molar-refractivity contribution in [3.05, 3.63) is 95.8 Å². The van der Waals surface area contributed by atoms with Crippen molar-refractivity contribution in [2.45, 2.75) is 19.0 Å². The van der Waals surface area contributed by atoms with Gasteiger partial charge in [-0.3, -0.25) is 14.7 Å². The number of piperazine rings is 1. The van der Waals surface area contributed by atoms with Crippen LogP contribution in [-0.2, 0) is 0 Å². The van der Waals surface area contributed by atoms with E-state index in [9.17, 15) is 4.79 Å². The lowest BCUT2D eigenvalue weighted by Gasteiger charge is -2.44.